The highest BCUT2D eigenvalue weighted by atomic mass is 79.9. The molecule has 21 heavy (non-hydrogen) atoms. The van der Waals surface area contributed by atoms with Crippen LogP contribution in [0.1, 0.15) is 25.1 Å². The predicted molar refractivity (Wildman–Crippen MR) is 81.9 cm³/mol. The van der Waals surface area contributed by atoms with Crippen LogP contribution in [0.25, 0.3) is 0 Å². The molecule has 0 saturated carbocycles. The van der Waals surface area contributed by atoms with E-state index in [9.17, 15) is 10.1 Å². The van der Waals surface area contributed by atoms with Gasteiger partial charge in [0, 0.05) is 29.2 Å². The number of hydrogen-bond donors (Lipinski definition) is 1. The summed E-state index contributed by atoms with van der Waals surface area (Å²) in [5.41, 5.74) is 1.83. The van der Waals surface area contributed by atoms with Gasteiger partial charge in [0.2, 0.25) is 0 Å². The lowest BCUT2D eigenvalue weighted by Crippen LogP contribution is -2.21. The molecule has 0 bridgehead atoms. The van der Waals surface area contributed by atoms with E-state index in [2.05, 4.69) is 45.4 Å². The first-order valence-electron chi connectivity index (χ1n) is 6.51. The number of hydrogen-bond acceptors (Lipinski definition) is 5. The van der Waals surface area contributed by atoms with E-state index in [1.807, 2.05) is 6.20 Å². The Balaban J connectivity index is 2.06. The normalized spacial score (nSPS) is 11.0. The largest absolute Gasteiger partial charge is 0.309 e. The van der Waals surface area contributed by atoms with Crippen molar-refractivity contribution < 1.29 is 4.92 Å². The van der Waals surface area contributed by atoms with Crippen LogP contribution in [0.3, 0.4) is 0 Å². The average molecular weight is 354 g/mol. The minimum atomic E-state index is -0.417. The summed E-state index contributed by atoms with van der Waals surface area (Å²) in [7, 11) is 0. The number of nitrogens with zero attached hydrogens (tertiary/aromatic N) is 4. The smallest absolute Gasteiger partial charge is 0.270 e. The van der Waals surface area contributed by atoms with Gasteiger partial charge in [-0.15, -0.1) is 5.10 Å². The molecule has 0 amide bonds. The second kappa shape index (κ2) is 6.77. The van der Waals surface area contributed by atoms with Gasteiger partial charge in [0.25, 0.3) is 5.69 Å². The monoisotopic (exact) mass is 353 g/mol. The number of aromatic nitrogens is 3. The minimum absolute atomic E-state index is 0.0611. The number of non-ortho nitro benzene ring substituents is 1. The third-order valence-electron chi connectivity index (χ3n) is 2.86. The highest BCUT2D eigenvalue weighted by molar-refractivity contribution is 9.10. The van der Waals surface area contributed by atoms with Crippen molar-refractivity contribution in [3.8, 4) is 0 Å². The lowest BCUT2D eigenvalue weighted by Gasteiger charge is -2.05. The molecule has 2 aromatic rings. The van der Waals surface area contributed by atoms with Crippen molar-refractivity contribution in [2.45, 2.75) is 33.0 Å². The van der Waals surface area contributed by atoms with E-state index in [1.54, 1.807) is 10.7 Å². The van der Waals surface area contributed by atoms with Crippen LogP contribution in [0.2, 0.25) is 0 Å². The van der Waals surface area contributed by atoms with E-state index in [-0.39, 0.29) is 5.69 Å². The molecule has 0 atom stereocenters. The molecule has 2 rings (SSSR count). The van der Waals surface area contributed by atoms with Crippen molar-refractivity contribution in [2.75, 3.05) is 0 Å². The number of nitro groups is 1. The summed E-state index contributed by atoms with van der Waals surface area (Å²) in [6.45, 7) is 5.31. The van der Waals surface area contributed by atoms with E-state index in [0.29, 0.717) is 23.6 Å². The second-order valence-corrected chi connectivity index (χ2v) is 5.83. The summed E-state index contributed by atoms with van der Waals surface area (Å²) in [4.78, 5) is 10.3. The molecule has 0 saturated heterocycles. The molecule has 0 spiro atoms. The Morgan fingerprint density at radius 3 is 2.86 bits per heavy atom. The van der Waals surface area contributed by atoms with Crippen molar-refractivity contribution in [3.05, 3.63) is 50.2 Å². The van der Waals surface area contributed by atoms with Gasteiger partial charge in [0.05, 0.1) is 23.4 Å². The van der Waals surface area contributed by atoms with Crippen LogP contribution in [-0.4, -0.2) is 26.0 Å². The van der Waals surface area contributed by atoms with Crippen molar-refractivity contribution in [1.29, 1.82) is 0 Å². The van der Waals surface area contributed by atoms with Gasteiger partial charge in [-0.05, 0) is 11.6 Å². The Hall–Kier alpha value is -1.80. The van der Waals surface area contributed by atoms with Crippen LogP contribution < -0.4 is 5.32 Å². The average Bonchev–Trinajstić information content (AvgIpc) is 2.86. The van der Waals surface area contributed by atoms with E-state index >= 15 is 0 Å². The fourth-order valence-corrected chi connectivity index (χ4v) is 2.25. The van der Waals surface area contributed by atoms with Crippen molar-refractivity contribution in [3.63, 3.8) is 0 Å². The standard InChI is InChI=1S/C13H16BrN5O2/c1-9(2)15-6-11-8-18(17-16-11)7-10-3-4-12(19(20)21)5-13(10)14/h3-5,8-9,15H,6-7H2,1-2H3. The number of benzene rings is 1. The SMILES string of the molecule is CC(C)NCc1cn(Cc2ccc([N+](=O)[O-])cc2Br)nn1. The fraction of sp³-hybridized carbons (Fsp3) is 0.385. The van der Waals surface area contributed by atoms with Crippen molar-refractivity contribution in [2.24, 2.45) is 0 Å². The van der Waals surface area contributed by atoms with Crippen molar-refractivity contribution >= 4 is 21.6 Å². The van der Waals surface area contributed by atoms with Gasteiger partial charge in [-0.3, -0.25) is 10.1 Å². The first kappa shape index (κ1) is 15.6. The zero-order chi connectivity index (χ0) is 15.4. The summed E-state index contributed by atoms with van der Waals surface area (Å²) in [6, 6.07) is 5.08. The first-order valence-corrected chi connectivity index (χ1v) is 7.30. The minimum Gasteiger partial charge on any atom is -0.309 e. The summed E-state index contributed by atoms with van der Waals surface area (Å²) >= 11 is 3.35. The Morgan fingerprint density at radius 2 is 2.24 bits per heavy atom. The second-order valence-electron chi connectivity index (χ2n) is 4.98. The summed E-state index contributed by atoms with van der Waals surface area (Å²) < 4.78 is 2.40. The molecule has 0 aliphatic rings. The van der Waals surface area contributed by atoms with Gasteiger partial charge in [0.15, 0.2) is 0 Å². The van der Waals surface area contributed by atoms with E-state index in [4.69, 9.17) is 0 Å². The molecule has 1 N–H and O–H groups in total. The number of halogens is 1. The molecule has 1 aromatic heterocycles. The number of nitro benzene ring substituents is 1. The van der Waals surface area contributed by atoms with Gasteiger partial charge in [-0.1, -0.05) is 35.0 Å². The van der Waals surface area contributed by atoms with Crippen LogP contribution in [0.4, 0.5) is 5.69 Å². The van der Waals surface area contributed by atoms with Crippen LogP contribution in [0, 0.1) is 10.1 Å². The Bertz CT molecular complexity index is 641. The summed E-state index contributed by atoms with van der Waals surface area (Å²) in [5.74, 6) is 0. The molecular weight excluding hydrogens is 338 g/mol. The molecule has 0 aliphatic carbocycles. The van der Waals surface area contributed by atoms with Crippen LogP contribution >= 0.6 is 15.9 Å². The van der Waals surface area contributed by atoms with Crippen molar-refractivity contribution in [1.82, 2.24) is 20.3 Å². The molecule has 0 radical (unpaired) electrons. The fourth-order valence-electron chi connectivity index (χ4n) is 1.76. The van der Waals surface area contributed by atoms with Crippen LogP contribution in [-0.2, 0) is 13.1 Å². The maximum atomic E-state index is 10.7. The van der Waals surface area contributed by atoms with E-state index < -0.39 is 4.92 Å². The summed E-state index contributed by atoms with van der Waals surface area (Å²) in [6.07, 6.45) is 1.86. The molecule has 1 aromatic carbocycles. The molecule has 7 nitrogen and oxygen atoms in total. The zero-order valence-corrected chi connectivity index (χ0v) is 13.4. The maximum Gasteiger partial charge on any atom is 0.270 e. The van der Waals surface area contributed by atoms with E-state index in [1.165, 1.54) is 12.1 Å². The van der Waals surface area contributed by atoms with Gasteiger partial charge in [-0.2, -0.15) is 0 Å². The number of nitrogens with one attached hydrogen (secondary N) is 1. The molecular formula is C13H16BrN5O2. The highest BCUT2D eigenvalue weighted by Crippen LogP contribution is 2.23. The van der Waals surface area contributed by atoms with Gasteiger partial charge in [0.1, 0.15) is 0 Å². The zero-order valence-electron chi connectivity index (χ0n) is 11.8. The molecule has 0 aliphatic heterocycles. The quantitative estimate of drug-likeness (QED) is 0.636. The first-order chi connectivity index (χ1) is 9.95. The third-order valence-corrected chi connectivity index (χ3v) is 3.60. The molecule has 0 unspecified atom stereocenters. The third kappa shape index (κ3) is 4.33. The lowest BCUT2D eigenvalue weighted by molar-refractivity contribution is -0.384. The molecule has 1 heterocycles. The van der Waals surface area contributed by atoms with Gasteiger partial charge in [-0.25, -0.2) is 4.68 Å². The molecule has 112 valence electrons. The molecule has 0 fully saturated rings. The van der Waals surface area contributed by atoms with Gasteiger partial charge >= 0.3 is 0 Å². The summed E-state index contributed by atoms with van der Waals surface area (Å²) in [5, 5.41) is 22.1. The van der Waals surface area contributed by atoms with Crippen LogP contribution in [0.15, 0.2) is 28.9 Å². The lowest BCUT2D eigenvalue weighted by atomic mass is 10.2. The highest BCUT2D eigenvalue weighted by Gasteiger charge is 2.10. The number of rotatable bonds is 6. The van der Waals surface area contributed by atoms with Gasteiger partial charge < -0.3 is 5.32 Å². The topological polar surface area (TPSA) is 85.9 Å². The molecule has 8 heteroatoms. The Morgan fingerprint density at radius 1 is 1.48 bits per heavy atom. The van der Waals surface area contributed by atoms with Crippen LogP contribution in [0.5, 0.6) is 0 Å². The maximum absolute atomic E-state index is 10.7. The predicted octanol–water partition coefficient (Wildman–Crippen LogP) is 2.50. The van der Waals surface area contributed by atoms with E-state index in [0.717, 1.165) is 11.3 Å². The Kier molecular flexibility index (Phi) is 5.03. The Labute approximate surface area is 130 Å².